The van der Waals surface area contributed by atoms with Crippen molar-refractivity contribution in [3.63, 3.8) is 0 Å². The Balaban J connectivity index is 1.95. The van der Waals surface area contributed by atoms with Gasteiger partial charge in [0, 0.05) is 37.1 Å². The van der Waals surface area contributed by atoms with Crippen molar-refractivity contribution in [1.29, 1.82) is 0 Å². The van der Waals surface area contributed by atoms with Crippen molar-refractivity contribution in [2.45, 2.75) is 19.5 Å². The van der Waals surface area contributed by atoms with Gasteiger partial charge in [0.25, 0.3) is 0 Å². The van der Waals surface area contributed by atoms with Gasteiger partial charge in [-0.2, -0.15) is 0 Å². The fraction of sp³-hybridized carbons (Fsp3) is 0.600. The van der Waals surface area contributed by atoms with E-state index in [0.717, 1.165) is 30.5 Å². The quantitative estimate of drug-likeness (QED) is 0.838. The second-order valence-electron chi connectivity index (χ2n) is 3.73. The first-order chi connectivity index (χ1) is 6.75. The molecule has 0 radical (unpaired) electrons. The lowest BCUT2D eigenvalue weighted by Gasteiger charge is -2.33. The number of nitrogens with one attached hydrogen (secondary N) is 1. The molecule has 0 aromatic carbocycles. The Labute approximate surface area is 93.9 Å². The van der Waals surface area contributed by atoms with E-state index in [-0.39, 0.29) is 0 Å². The largest absolute Gasteiger partial charge is 0.314 e. The molecule has 1 aliphatic rings. The molecule has 78 valence electrons. The van der Waals surface area contributed by atoms with Crippen molar-refractivity contribution in [3.8, 4) is 0 Å². The lowest BCUT2D eigenvalue weighted by atomic mass is 10.2. The van der Waals surface area contributed by atoms with Gasteiger partial charge in [0.15, 0.2) is 0 Å². The third-order valence-corrected chi connectivity index (χ3v) is 3.84. The molecule has 1 N–H and O–H groups in total. The lowest BCUT2D eigenvalue weighted by molar-refractivity contribution is 0.167. The van der Waals surface area contributed by atoms with Crippen molar-refractivity contribution >= 4 is 22.9 Å². The van der Waals surface area contributed by atoms with Crippen LogP contribution < -0.4 is 5.32 Å². The van der Waals surface area contributed by atoms with Gasteiger partial charge in [0.05, 0.1) is 4.34 Å². The topological polar surface area (TPSA) is 15.3 Å². The Morgan fingerprint density at radius 2 is 2.50 bits per heavy atom. The van der Waals surface area contributed by atoms with Crippen molar-refractivity contribution < 1.29 is 0 Å². The molecule has 1 aromatic rings. The van der Waals surface area contributed by atoms with E-state index < -0.39 is 0 Å². The zero-order chi connectivity index (χ0) is 9.97. The third-order valence-electron chi connectivity index (χ3n) is 2.63. The van der Waals surface area contributed by atoms with E-state index in [9.17, 15) is 0 Å². The Hall–Kier alpha value is -0.0900. The van der Waals surface area contributed by atoms with E-state index in [1.54, 1.807) is 11.3 Å². The van der Waals surface area contributed by atoms with Gasteiger partial charge in [0.1, 0.15) is 0 Å². The van der Waals surface area contributed by atoms with Gasteiger partial charge in [-0.25, -0.2) is 0 Å². The van der Waals surface area contributed by atoms with Crippen LogP contribution in [0.2, 0.25) is 4.34 Å². The summed E-state index contributed by atoms with van der Waals surface area (Å²) >= 11 is 7.59. The highest BCUT2D eigenvalue weighted by atomic mass is 35.5. The zero-order valence-electron chi connectivity index (χ0n) is 8.29. The summed E-state index contributed by atoms with van der Waals surface area (Å²) < 4.78 is 0.891. The van der Waals surface area contributed by atoms with Gasteiger partial charge >= 0.3 is 0 Å². The van der Waals surface area contributed by atoms with Crippen molar-refractivity contribution in [2.75, 3.05) is 19.6 Å². The van der Waals surface area contributed by atoms with Gasteiger partial charge in [-0.3, -0.25) is 4.90 Å². The molecule has 14 heavy (non-hydrogen) atoms. The number of halogens is 1. The van der Waals surface area contributed by atoms with E-state index in [2.05, 4.69) is 23.2 Å². The number of rotatable bonds is 2. The molecule has 4 heteroatoms. The maximum Gasteiger partial charge on any atom is 0.0931 e. The first-order valence-electron chi connectivity index (χ1n) is 4.94. The maximum atomic E-state index is 5.90. The fourth-order valence-corrected chi connectivity index (χ4v) is 2.87. The van der Waals surface area contributed by atoms with Crippen LogP contribution in [0.25, 0.3) is 0 Å². The van der Waals surface area contributed by atoms with Crippen molar-refractivity contribution in [3.05, 3.63) is 21.3 Å². The number of hydrogen-bond acceptors (Lipinski definition) is 3. The molecular weight excluding hydrogens is 216 g/mol. The molecule has 2 rings (SSSR count). The first kappa shape index (κ1) is 10.4. The Kier molecular flexibility index (Phi) is 3.44. The maximum absolute atomic E-state index is 5.90. The highest BCUT2D eigenvalue weighted by Gasteiger charge is 2.18. The average Bonchev–Trinajstić information content (AvgIpc) is 2.56. The Morgan fingerprint density at radius 3 is 3.14 bits per heavy atom. The van der Waals surface area contributed by atoms with Gasteiger partial charge in [0.2, 0.25) is 0 Å². The van der Waals surface area contributed by atoms with E-state index >= 15 is 0 Å². The minimum absolute atomic E-state index is 0.629. The summed E-state index contributed by atoms with van der Waals surface area (Å²) in [5, 5.41) is 3.39. The highest BCUT2D eigenvalue weighted by Crippen LogP contribution is 2.23. The summed E-state index contributed by atoms with van der Waals surface area (Å²) in [6, 6.07) is 4.74. The molecule has 1 atom stereocenters. The predicted octanol–water partition coefficient (Wildman–Crippen LogP) is 2.20. The van der Waals surface area contributed by atoms with Gasteiger partial charge in [-0.15, -0.1) is 11.3 Å². The van der Waals surface area contributed by atoms with Crippen LogP contribution in [0.5, 0.6) is 0 Å². The SMILES string of the molecule is C[C@H]1CNCCN1Cc1ccc(Cl)s1. The number of hydrogen-bond donors (Lipinski definition) is 1. The summed E-state index contributed by atoms with van der Waals surface area (Å²) in [5.41, 5.74) is 0. The number of piperazine rings is 1. The van der Waals surface area contributed by atoms with E-state index in [0.29, 0.717) is 6.04 Å². The van der Waals surface area contributed by atoms with E-state index in [4.69, 9.17) is 11.6 Å². The summed E-state index contributed by atoms with van der Waals surface area (Å²) in [5.74, 6) is 0. The van der Waals surface area contributed by atoms with E-state index in [1.807, 2.05) is 6.07 Å². The fourth-order valence-electron chi connectivity index (χ4n) is 1.75. The summed E-state index contributed by atoms with van der Waals surface area (Å²) in [7, 11) is 0. The molecule has 0 spiro atoms. The molecule has 1 saturated heterocycles. The average molecular weight is 231 g/mol. The normalized spacial score (nSPS) is 24.0. The minimum Gasteiger partial charge on any atom is -0.314 e. The monoisotopic (exact) mass is 230 g/mol. The van der Waals surface area contributed by atoms with Crippen LogP contribution in [-0.4, -0.2) is 30.6 Å². The smallest absolute Gasteiger partial charge is 0.0931 e. The van der Waals surface area contributed by atoms with Crippen LogP contribution in [0.4, 0.5) is 0 Å². The molecule has 1 fully saturated rings. The molecule has 0 amide bonds. The Morgan fingerprint density at radius 1 is 1.64 bits per heavy atom. The zero-order valence-corrected chi connectivity index (χ0v) is 9.87. The van der Waals surface area contributed by atoms with Crippen molar-refractivity contribution in [1.82, 2.24) is 10.2 Å². The number of nitrogens with zero attached hydrogens (tertiary/aromatic N) is 1. The first-order valence-corrected chi connectivity index (χ1v) is 6.14. The molecule has 1 aliphatic heterocycles. The van der Waals surface area contributed by atoms with Crippen LogP contribution in [0.1, 0.15) is 11.8 Å². The Bertz CT molecular complexity index is 300. The predicted molar refractivity (Wildman–Crippen MR) is 62.1 cm³/mol. The molecule has 2 heterocycles. The van der Waals surface area contributed by atoms with Crippen molar-refractivity contribution in [2.24, 2.45) is 0 Å². The molecule has 0 unspecified atom stereocenters. The molecular formula is C10H15ClN2S. The summed E-state index contributed by atoms with van der Waals surface area (Å²) in [6.45, 7) is 6.64. The van der Waals surface area contributed by atoms with E-state index in [1.165, 1.54) is 4.88 Å². The van der Waals surface area contributed by atoms with Crippen LogP contribution in [0.3, 0.4) is 0 Å². The van der Waals surface area contributed by atoms with Crippen LogP contribution in [0.15, 0.2) is 12.1 Å². The van der Waals surface area contributed by atoms with Gasteiger partial charge in [-0.05, 0) is 19.1 Å². The van der Waals surface area contributed by atoms with Gasteiger partial charge < -0.3 is 5.32 Å². The van der Waals surface area contributed by atoms with Crippen LogP contribution >= 0.6 is 22.9 Å². The minimum atomic E-state index is 0.629. The number of thiophene rings is 1. The molecule has 2 nitrogen and oxygen atoms in total. The van der Waals surface area contributed by atoms with Crippen LogP contribution in [0, 0.1) is 0 Å². The highest BCUT2D eigenvalue weighted by molar-refractivity contribution is 7.16. The lowest BCUT2D eigenvalue weighted by Crippen LogP contribution is -2.49. The second-order valence-corrected chi connectivity index (χ2v) is 5.53. The summed E-state index contributed by atoms with van der Waals surface area (Å²) in [4.78, 5) is 3.86. The molecule has 1 aromatic heterocycles. The second kappa shape index (κ2) is 4.62. The molecule has 0 saturated carbocycles. The molecule has 0 bridgehead atoms. The third kappa shape index (κ3) is 2.48. The standard InChI is InChI=1S/C10H15ClN2S/c1-8-6-12-4-5-13(8)7-9-2-3-10(11)14-9/h2-3,8,12H,4-7H2,1H3/t8-/m0/s1. The van der Waals surface area contributed by atoms with Crippen LogP contribution in [-0.2, 0) is 6.54 Å². The summed E-state index contributed by atoms with van der Waals surface area (Å²) in [6.07, 6.45) is 0. The molecule has 0 aliphatic carbocycles. The van der Waals surface area contributed by atoms with Gasteiger partial charge in [-0.1, -0.05) is 11.6 Å².